The van der Waals surface area contributed by atoms with E-state index in [0.717, 1.165) is 15.9 Å². The summed E-state index contributed by atoms with van der Waals surface area (Å²) in [7, 11) is 0. The lowest BCUT2D eigenvalue weighted by molar-refractivity contribution is -0.115. The van der Waals surface area contributed by atoms with Gasteiger partial charge in [0, 0.05) is 12.6 Å². The smallest absolute Gasteiger partial charge is 0.237 e. The molecule has 20 heavy (non-hydrogen) atoms. The molecule has 106 valence electrons. The van der Waals surface area contributed by atoms with Crippen LogP contribution in [0.5, 0.6) is 0 Å². The topological polar surface area (TPSA) is 71.1 Å². The van der Waals surface area contributed by atoms with E-state index in [1.54, 1.807) is 0 Å². The number of nitrogens with one attached hydrogen (secondary N) is 2. The Hall–Kier alpha value is -1.60. The molecule has 5 nitrogen and oxygen atoms in total. The van der Waals surface area contributed by atoms with Gasteiger partial charge >= 0.3 is 0 Å². The van der Waals surface area contributed by atoms with E-state index in [1.165, 1.54) is 30.0 Å². The molecular weight excluding hydrogens is 294 g/mol. The van der Waals surface area contributed by atoms with Gasteiger partial charge < -0.3 is 10.6 Å². The van der Waals surface area contributed by atoms with E-state index in [2.05, 4.69) is 15.6 Å². The second-order valence-corrected chi connectivity index (χ2v) is 6.46. The molecule has 0 unspecified atom stereocenters. The first kappa shape index (κ1) is 14.8. The number of nitrogens with zero attached hydrogens (tertiary/aromatic N) is 1. The highest BCUT2D eigenvalue weighted by Gasteiger charge is 2.12. The summed E-state index contributed by atoms with van der Waals surface area (Å²) in [4.78, 5) is 27.1. The van der Waals surface area contributed by atoms with Crippen LogP contribution in [0.4, 0.5) is 10.8 Å². The van der Waals surface area contributed by atoms with Gasteiger partial charge in [0.1, 0.15) is 0 Å². The van der Waals surface area contributed by atoms with Crippen LogP contribution < -0.4 is 10.6 Å². The van der Waals surface area contributed by atoms with Crippen molar-refractivity contribution in [3.63, 3.8) is 0 Å². The van der Waals surface area contributed by atoms with Gasteiger partial charge in [-0.1, -0.05) is 11.3 Å². The molecule has 0 radical (unpaired) electrons. The Morgan fingerprint density at radius 2 is 2.10 bits per heavy atom. The molecule has 2 rings (SSSR count). The van der Waals surface area contributed by atoms with Crippen molar-refractivity contribution in [2.45, 2.75) is 19.1 Å². The summed E-state index contributed by atoms with van der Waals surface area (Å²) in [5.41, 5.74) is 1.54. The van der Waals surface area contributed by atoms with Crippen LogP contribution in [-0.4, -0.2) is 28.3 Å². The summed E-state index contributed by atoms with van der Waals surface area (Å²) in [6, 6.07) is 5.50. The number of carbonyl (C=O) groups is 2. The van der Waals surface area contributed by atoms with Crippen LogP contribution in [-0.2, 0) is 9.59 Å². The lowest BCUT2D eigenvalue weighted by Crippen LogP contribution is -2.21. The Morgan fingerprint density at radius 1 is 1.35 bits per heavy atom. The van der Waals surface area contributed by atoms with Gasteiger partial charge in [-0.05, 0) is 31.4 Å². The molecule has 1 aromatic carbocycles. The van der Waals surface area contributed by atoms with E-state index in [4.69, 9.17) is 0 Å². The van der Waals surface area contributed by atoms with Gasteiger partial charge in [-0.25, -0.2) is 4.98 Å². The number of fused-ring (bicyclic) bond motifs is 1. The first-order chi connectivity index (χ1) is 9.49. The van der Waals surface area contributed by atoms with Crippen LogP contribution in [0.25, 0.3) is 10.2 Å². The van der Waals surface area contributed by atoms with E-state index in [0.29, 0.717) is 5.13 Å². The molecule has 1 heterocycles. The second-order valence-electron chi connectivity index (χ2n) is 4.25. The molecule has 2 amide bonds. The van der Waals surface area contributed by atoms with Crippen molar-refractivity contribution < 1.29 is 9.59 Å². The van der Waals surface area contributed by atoms with Crippen molar-refractivity contribution in [3.05, 3.63) is 18.2 Å². The standard InChI is InChI=1S/C13H15N3O2S2/c1-7(19-3)12(18)15-9-4-5-10-11(6-9)20-13(16-10)14-8(2)17/h4-7H,1-3H3,(H,15,18)(H,14,16,17)/t7-/m0/s1. The molecule has 0 spiro atoms. The Bertz CT molecular complexity index is 654. The van der Waals surface area contributed by atoms with E-state index in [-0.39, 0.29) is 17.1 Å². The van der Waals surface area contributed by atoms with E-state index in [1.807, 2.05) is 31.4 Å². The molecule has 0 saturated carbocycles. The summed E-state index contributed by atoms with van der Waals surface area (Å²) in [6.07, 6.45) is 1.90. The summed E-state index contributed by atoms with van der Waals surface area (Å²) in [5.74, 6) is -0.171. The zero-order chi connectivity index (χ0) is 14.7. The molecule has 0 aliphatic heterocycles. The van der Waals surface area contributed by atoms with Crippen molar-refractivity contribution in [1.82, 2.24) is 4.98 Å². The summed E-state index contributed by atoms with van der Waals surface area (Å²) < 4.78 is 0.920. The number of thiazole rings is 1. The molecule has 0 fully saturated rings. The maximum atomic E-state index is 11.8. The quantitative estimate of drug-likeness (QED) is 0.911. The molecule has 2 N–H and O–H groups in total. The molecule has 0 aliphatic carbocycles. The third kappa shape index (κ3) is 3.49. The predicted molar refractivity (Wildman–Crippen MR) is 85.5 cm³/mol. The minimum absolute atomic E-state index is 0.0246. The zero-order valence-electron chi connectivity index (χ0n) is 11.4. The third-order valence-corrected chi connectivity index (χ3v) is 4.52. The van der Waals surface area contributed by atoms with E-state index in [9.17, 15) is 9.59 Å². The Kier molecular flexibility index (Phi) is 4.61. The predicted octanol–water partition coefficient (Wildman–Crippen LogP) is 2.94. The maximum Gasteiger partial charge on any atom is 0.237 e. The summed E-state index contributed by atoms with van der Waals surface area (Å²) in [6.45, 7) is 3.31. The second kappa shape index (κ2) is 6.23. The zero-order valence-corrected chi connectivity index (χ0v) is 13.0. The van der Waals surface area contributed by atoms with Crippen molar-refractivity contribution in [1.29, 1.82) is 0 Å². The van der Waals surface area contributed by atoms with Gasteiger partial charge in [0.2, 0.25) is 11.8 Å². The maximum absolute atomic E-state index is 11.8. The largest absolute Gasteiger partial charge is 0.325 e. The Balaban J connectivity index is 2.20. The fourth-order valence-electron chi connectivity index (χ4n) is 1.56. The highest BCUT2D eigenvalue weighted by molar-refractivity contribution is 7.99. The molecular formula is C13H15N3O2S2. The number of hydrogen-bond acceptors (Lipinski definition) is 5. The van der Waals surface area contributed by atoms with Gasteiger partial charge in [-0.15, -0.1) is 0 Å². The highest BCUT2D eigenvalue weighted by atomic mass is 32.2. The minimum Gasteiger partial charge on any atom is -0.325 e. The van der Waals surface area contributed by atoms with E-state index >= 15 is 0 Å². The molecule has 0 bridgehead atoms. The van der Waals surface area contributed by atoms with Crippen molar-refractivity contribution in [3.8, 4) is 0 Å². The lowest BCUT2D eigenvalue weighted by atomic mass is 10.3. The minimum atomic E-state index is -0.147. The van der Waals surface area contributed by atoms with Gasteiger partial charge in [-0.2, -0.15) is 11.8 Å². The first-order valence-corrected chi connectivity index (χ1v) is 8.12. The number of carbonyl (C=O) groups excluding carboxylic acids is 2. The van der Waals surface area contributed by atoms with Gasteiger partial charge in [0.05, 0.1) is 15.5 Å². The van der Waals surface area contributed by atoms with Crippen LogP contribution in [0.2, 0.25) is 0 Å². The first-order valence-electron chi connectivity index (χ1n) is 6.01. The number of aromatic nitrogens is 1. The number of anilines is 2. The number of benzene rings is 1. The lowest BCUT2D eigenvalue weighted by Gasteiger charge is -2.09. The monoisotopic (exact) mass is 309 g/mol. The third-order valence-electron chi connectivity index (χ3n) is 2.66. The highest BCUT2D eigenvalue weighted by Crippen LogP contribution is 2.28. The molecule has 1 atom stereocenters. The molecule has 1 aromatic heterocycles. The summed E-state index contributed by atoms with van der Waals surface area (Å²) in [5, 5.41) is 5.99. The van der Waals surface area contributed by atoms with Crippen molar-refractivity contribution in [2.75, 3.05) is 16.9 Å². The van der Waals surface area contributed by atoms with Crippen LogP contribution in [0.15, 0.2) is 18.2 Å². The van der Waals surface area contributed by atoms with Crippen LogP contribution in [0, 0.1) is 0 Å². The fourth-order valence-corrected chi connectivity index (χ4v) is 2.78. The Morgan fingerprint density at radius 3 is 2.75 bits per heavy atom. The van der Waals surface area contributed by atoms with E-state index < -0.39 is 0 Å². The van der Waals surface area contributed by atoms with Gasteiger partial charge in [0.15, 0.2) is 5.13 Å². The van der Waals surface area contributed by atoms with Gasteiger partial charge in [0.25, 0.3) is 0 Å². The van der Waals surface area contributed by atoms with Crippen LogP contribution in [0.1, 0.15) is 13.8 Å². The number of rotatable bonds is 4. The van der Waals surface area contributed by atoms with Crippen molar-refractivity contribution >= 4 is 55.9 Å². The normalized spacial score (nSPS) is 12.2. The van der Waals surface area contributed by atoms with Crippen LogP contribution >= 0.6 is 23.1 Å². The number of hydrogen-bond donors (Lipinski definition) is 2. The van der Waals surface area contributed by atoms with Crippen LogP contribution in [0.3, 0.4) is 0 Å². The number of amides is 2. The summed E-state index contributed by atoms with van der Waals surface area (Å²) >= 11 is 2.88. The SMILES string of the molecule is CS[C@@H](C)C(=O)Nc1ccc2nc(NC(C)=O)sc2c1. The van der Waals surface area contributed by atoms with Gasteiger partial charge in [-0.3, -0.25) is 9.59 Å². The Labute approximate surface area is 125 Å². The molecule has 0 saturated heterocycles. The number of thioether (sulfide) groups is 1. The van der Waals surface area contributed by atoms with Crippen molar-refractivity contribution in [2.24, 2.45) is 0 Å². The average molecular weight is 309 g/mol. The molecule has 7 heteroatoms. The fraction of sp³-hybridized carbons (Fsp3) is 0.308. The molecule has 0 aliphatic rings. The molecule has 2 aromatic rings. The average Bonchev–Trinajstić information content (AvgIpc) is 2.78.